The molecule has 5 heteroatoms. The van der Waals surface area contributed by atoms with Crippen LogP contribution in [0.5, 0.6) is 0 Å². The van der Waals surface area contributed by atoms with Gasteiger partial charge in [0.05, 0.1) is 6.42 Å². The zero-order chi connectivity index (χ0) is 20.8. The van der Waals surface area contributed by atoms with E-state index in [-0.39, 0.29) is 5.91 Å². The molecule has 0 atom stereocenters. The van der Waals surface area contributed by atoms with E-state index in [1.54, 1.807) is 6.20 Å². The number of carbonyl (C=O) groups is 1. The Balaban J connectivity index is 1.38. The van der Waals surface area contributed by atoms with Gasteiger partial charge in [0.15, 0.2) is 0 Å². The SMILES string of the molecule is O=C(Cc1ccc(Cl)cc1)N(Cc1cccnc1)CC1CCN(C2CCCC2)CC1. The number of aromatic nitrogens is 1. The average molecular weight is 426 g/mol. The zero-order valence-corrected chi connectivity index (χ0v) is 18.4. The first-order valence-corrected chi connectivity index (χ1v) is 11.7. The Morgan fingerprint density at radius 3 is 2.43 bits per heavy atom. The minimum atomic E-state index is 0.180. The Hall–Kier alpha value is -1.91. The first-order valence-electron chi connectivity index (χ1n) is 11.3. The molecule has 0 unspecified atom stereocenters. The highest BCUT2D eigenvalue weighted by Gasteiger charge is 2.28. The molecule has 1 saturated heterocycles. The highest BCUT2D eigenvalue weighted by Crippen LogP contribution is 2.28. The van der Waals surface area contributed by atoms with Crippen molar-refractivity contribution in [3.8, 4) is 0 Å². The highest BCUT2D eigenvalue weighted by molar-refractivity contribution is 6.30. The van der Waals surface area contributed by atoms with Crippen molar-refractivity contribution in [3.63, 3.8) is 0 Å². The van der Waals surface area contributed by atoms with Gasteiger partial charge in [-0.05, 0) is 74.0 Å². The molecular weight excluding hydrogens is 394 g/mol. The maximum atomic E-state index is 13.2. The molecule has 2 aliphatic rings. The van der Waals surface area contributed by atoms with E-state index in [1.165, 1.54) is 51.6 Å². The summed E-state index contributed by atoms with van der Waals surface area (Å²) in [6, 6.07) is 12.4. The number of nitrogens with zero attached hydrogens (tertiary/aromatic N) is 3. The molecule has 30 heavy (non-hydrogen) atoms. The van der Waals surface area contributed by atoms with Crippen molar-refractivity contribution in [3.05, 3.63) is 64.9 Å². The molecule has 0 spiro atoms. The van der Waals surface area contributed by atoms with Gasteiger partial charge in [-0.2, -0.15) is 0 Å². The monoisotopic (exact) mass is 425 g/mol. The lowest BCUT2D eigenvalue weighted by Gasteiger charge is -2.38. The predicted molar refractivity (Wildman–Crippen MR) is 121 cm³/mol. The summed E-state index contributed by atoms with van der Waals surface area (Å²) in [5.41, 5.74) is 2.10. The van der Waals surface area contributed by atoms with E-state index in [2.05, 4.69) is 16.0 Å². The van der Waals surface area contributed by atoms with E-state index in [0.717, 1.165) is 23.7 Å². The van der Waals surface area contributed by atoms with Crippen LogP contribution in [0.1, 0.15) is 49.7 Å². The summed E-state index contributed by atoms with van der Waals surface area (Å²) in [6.45, 7) is 3.83. The van der Waals surface area contributed by atoms with Crippen molar-refractivity contribution in [2.45, 2.75) is 57.5 Å². The number of likely N-dealkylation sites (tertiary alicyclic amines) is 1. The Kier molecular flexibility index (Phi) is 7.40. The maximum absolute atomic E-state index is 13.2. The van der Waals surface area contributed by atoms with E-state index < -0.39 is 0 Å². The smallest absolute Gasteiger partial charge is 0.227 e. The van der Waals surface area contributed by atoms with Crippen LogP contribution in [0.4, 0.5) is 0 Å². The standard InChI is InChI=1S/C25H32ClN3O/c26-23-9-7-20(8-10-23)16-25(30)29(19-22-4-3-13-27-17-22)18-21-11-14-28(15-12-21)24-5-1-2-6-24/h3-4,7-10,13,17,21,24H,1-2,5-6,11-12,14-16,18-19H2. The normalized spacial score (nSPS) is 18.6. The van der Waals surface area contributed by atoms with E-state index in [1.807, 2.05) is 41.4 Å². The van der Waals surface area contributed by atoms with Gasteiger partial charge in [0.2, 0.25) is 5.91 Å². The van der Waals surface area contributed by atoms with Crippen LogP contribution >= 0.6 is 11.6 Å². The number of hydrogen-bond donors (Lipinski definition) is 0. The summed E-state index contributed by atoms with van der Waals surface area (Å²) in [5.74, 6) is 0.757. The molecule has 0 radical (unpaired) electrons. The van der Waals surface area contributed by atoms with Gasteiger partial charge in [-0.15, -0.1) is 0 Å². The number of hydrogen-bond acceptors (Lipinski definition) is 3. The van der Waals surface area contributed by atoms with E-state index in [4.69, 9.17) is 11.6 Å². The zero-order valence-electron chi connectivity index (χ0n) is 17.7. The Morgan fingerprint density at radius 2 is 1.77 bits per heavy atom. The molecule has 4 rings (SSSR count). The Labute approximate surface area is 185 Å². The number of carbonyl (C=O) groups excluding carboxylic acids is 1. The summed E-state index contributed by atoms with van der Waals surface area (Å²) >= 11 is 6.00. The van der Waals surface area contributed by atoms with Crippen molar-refractivity contribution >= 4 is 17.5 Å². The van der Waals surface area contributed by atoms with Crippen LogP contribution < -0.4 is 0 Å². The molecule has 4 nitrogen and oxygen atoms in total. The number of benzene rings is 1. The molecule has 1 aromatic carbocycles. The lowest BCUT2D eigenvalue weighted by atomic mass is 9.94. The van der Waals surface area contributed by atoms with E-state index >= 15 is 0 Å². The molecule has 1 amide bonds. The summed E-state index contributed by atoms with van der Waals surface area (Å²) < 4.78 is 0. The second-order valence-corrected chi connectivity index (χ2v) is 9.29. The summed E-state index contributed by atoms with van der Waals surface area (Å²) in [6.07, 6.45) is 12.0. The minimum Gasteiger partial charge on any atom is -0.338 e. The molecule has 160 valence electrons. The largest absolute Gasteiger partial charge is 0.338 e. The third-order valence-corrected chi connectivity index (χ3v) is 6.94. The van der Waals surface area contributed by atoms with Gasteiger partial charge in [0, 0.05) is 36.5 Å². The fourth-order valence-electron chi connectivity index (χ4n) is 4.94. The lowest BCUT2D eigenvalue weighted by molar-refractivity contribution is -0.132. The van der Waals surface area contributed by atoms with Gasteiger partial charge >= 0.3 is 0 Å². The minimum absolute atomic E-state index is 0.180. The first-order chi connectivity index (χ1) is 14.7. The second kappa shape index (κ2) is 10.4. The van der Waals surface area contributed by atoms with Crippen LogP contribution in [-0.2, 0) is 17.8 Å². The van der Waals surface area contributed by atoms with Gasteiger partial charge in [0.25, 0.3) is 0 Å². The Morgan fingerprint density at radius 1 is 1.03 bits per heavy atom. The fraction of sp³-hybridized carbons (Fsp3) is 0.520. The van der Waals surface area contributed by atoms with Crippen LogP contribution in [-0.4, -0.2) is 46.4 Å². The molecule has 2 fully saturated rings. The topological polar surface area (TPSA) is 36.4 Å². The predicted octanol–water partition coefficient (Wildman–Crippen LogP) is 4.96. The fourth-order valence-corrected chi connectivity index (χ4v) is 5.06. The molecule has 1 aliphatic heterocycles. The lowest BCUT2D eigenvalue weighted by Crippen LogP contribution is -2.44. The molecule has 1 aromatic heterocycles. The second-order valence-electron chi connectivity index (χ2n) is 8.86. The molecule has 2 heterocycles. The van der Waals surface area contributed by atoms with Crippen molar-refractivity contribution in [2.75, 3.05) is 19.6 Å². The van der Waals surface area contributed by atoms with E-state index in [9.17, 15) is 4.79 Å². The molecule has 0 bridgehead atoms. The van der Waals surface area contributed by atoms with E-state index in [0.29, 0.717) is 23.9 Å². The number of halogens is 1. The quantitative estimate of drug-likeness (QED) is 0.629. The highest BCUT2D eigenvalue weighted by atomic mass is 35.5. The Bertz CT molecular complexity index is 797. The average Bonchev–Trinajstić information content (AvgIpc) is 3.31. The molecular formula is C25H32ClN3O. The van der Waals surface area contributed by atoms with Crippen LogP contribution in [0.2, 0.25) is 5.02 Å². The van der Waals surface area contributed by atoms with Crippen LogP contribution in [0.25, 0.3) is 0 Å². The van der Waals surface area contributed by atoms with Crippen LogP contribution in [0.3, 0.4) is 0 Å². The summed E-state index contributed by atoms with van der Waals surface area (Å²) in [5, 5.41) is 0.701. The summed E-state index contributed by atoms with van der Waals surface area (Å²) in [7, 11) is 0. The first kappa shape index (κ1) is 21.3. The molecule has 0 N–H and O–H groups in total. The third-order valence-electron chi connectivity index (χ3n) is 6.69. The van der Waals surface area contributed by atoms with Gasteiger partial charge in [-0.3, -0.25) is 9.78 Å². The van der Waals surface area contributed by atoms with Crippen molar-refractivity contribution < 1.29 is 4.79 Å². The van der Waals surface area contributed by atoms with Crippen molar-refractivity contribution in [1.29, 1.82) is 0 Å². The maximum Gasteiger partial charge on any atom is 0.227 e. The van der Waals surface area contributed by atoms with Gasteiger partial charge in [-0.1, -0.05) is 42.6 Å². The van der Waals surface area contributed by atoms with Crippen molar-refractivity contribution in [2.24, 2.45) is 5.92 Å². The molecule has 2 aromatic rings. The van der Waals surface area contributed by atoms with Crippen LogP contribution in [0, 0.1) is 5.92 Å². The van der Waals surface area contributed by atoms with Gasteiger partial charge in [0.1, 0.15) is 0 Å². The van der Waals surface area contributed by atoms with Crippen LogP contribution in [0.15, 0.2) is 48.8 Å². The number of rotatable bonds is 7. The van der Waals surface area contributed by atoms with Gasteiger partial charge < -0.3 is 9.80 Å². The van der Waals surface area contributed by atoms with Gasteiger partial charge in [-0.25, -0.2) is 0 Å². The number of amides is 1. The number of piperidine rings is 1. The number of pyridine rings is 1. The third kappa shape index (κ3) is 5.83. The molecule has 1 saturated carbocycles. The van der Waals surface area contributed by atoms with Crippen molar-refractivity contribution in [1.82, 2.24) is 14.8 Å². The summed E-state index contributed by atoms with van der Waals surface area (Å²) in [4.78, 5) is 22.2. The molecule has 1 aliphatic carbocycles.